The average Bonchev–Trinajstić information content (AvgIpc) is 2.40. The number of rotatable bonds is 6. The van der Waals surface area contributed by atoms with Gasteiger partial charge in [-0.1, -0.05) is 0 Å². The van der Waals surface area contributed by atoms with E-state index in [0.717, 1.165) is 11.4 Å². The number of anilines is 1. The lowest BCUT2D eigenvalue weighted by Gasteiger charge is -2.07. The molecular formula is C12H15N5OS. The van der Waals surface area contributed by atoms with E-state index in [4.69, 9.17) is 4.74 Å². The Balaban J connectivity index is 2.23. The van der Waals surface area contributed by atoms with E-state index in [1.165, 1.54) is 11.8 Å². The monoisotopic (exact) mass is 277 g/mol. The van der Waals surface area contributed by atoms with Crippen molar-refractivity contribution in [1.29, 1.82) is 0 Å². The fourth-order valence-electron chi connectivity index (χ4n) is 1.33. The van der Waals surface area contributed by atoms with Gasteiger partial charge in [-0.05, 0) is 37.7 Å². The molecule has 7 heteroatoms. The lowest BCUT2D eigenvalue weighted by molar-refractivity contribution is 0.308. The van der Waals surface area contributed by atoms with Gasteiger partial charge >= 0.3 is 6.01 Å². The van der Waals surface area contributed by atoms with Gasteiger partial charge in [0, 0.05) is 23.8 Å². The van der Waals surface area contributed by atoms with Gasteiger partial charge < -0.3 is 10.1 Å². The number of pyridine rings is 1. The maximum absolute atomic E-state index is 5.34. The molecule has 2 aromatic heterocycles. The quantitative estimate of drug-likeness (QED) is 0.868. The Kier molecular flexibility index (Phi) is 4.91. The Morgan fingerprint density at radius 2 is 1.95 bits per heavy atom. The maximum atomic E-state index is 5.34. The molecule has 0 spiro atoms. The number of aromatic nitrogens is 4. The standard InChI is InChI=1S/C12H15N5OS/c1-3-14-10-15-11(18-4-2)17-12(16-10)19-9-5-7-13-8-6-9/h5-8H,3-4H2,1-2H3,(H,14,15,16,17). The van der Waals surface area contributed by atoms with Crippen molar-refractivity contribution in [2.75, 3.05) is 18.5 Å². The molecule has 0 unspecified atom stereocenters. The van der Waals surface area contributed by atoms with Crippen molar-refractivity contribution in [3.05, 3.63) is 24.5 Å². The number of hydrogen-bond acceptors (Lipinski definition) is 7. The minimum atomic E-state index is 0.338. The van der Waals surface area contributed by atoms with Crippen molar-refractivity contribution in [3.63, 3.8) is 0 Å². The van der Waals surface area contributed by atoms with Crippen LogP contribution in [-0.4, -0.2) is 33.1 Å². The summed E-state index contributed by atoms with van der Waals surface area (Å²) in [6.07, 6.45) is 3.47. The Labute approximate surface area is 116 Å². The van der Waals surface area contributed by atoms with Gasteiger partial charge in [0.05, 0.1) is 6.61 Å². The number of ether oxygens (including phenoxy) is 1. The summed E-state index contributed by atoms with van der Waals surface area (Å²) in [6.45, 7) is 5.15. The summed E-state index contributed by atoms with van der Waals surface area (Å²) in [6, 6.07) is 4.15. The molecule has 0 amide bonds. The van der Waals surface area contributed by atoms with Crippen LogP contribution >= 0.6 is 11.8 Å². The van der Waals surface area contributed by atoms with Crippen LogP contribution in [0.5, 0.6) is 6.01 Å². The second-order valence-corrected chi connectivity index (χ2v) is 4.51. The largest absolute Gasteiger partial charge is 0.464 e. The van der Waals surface area contributed by atoms with E-state index in [2.05, 4.69) is 25.3 Å². The van der Waals surface area contributed by atoms with Gasteiger partial charge in [0.1, 0.15) is 0 Å². The molecule has 0 bridgehead atoms. The van der Waals surface area contributed by atoms with Gasteiger partial charge in [-0.2, -0.15) is 15.0 Å². The van der Waals surface area contributed by atoms with Crippen LogP contribution in [0.15, 0.2) is 34.6 Å². The molecule has 1 N–H and O–H groups in total. The van der Waals surface area contributed by atoms with Crippen LogP contribution < -0.4 is 10.1 Å². The highest BCUT2D eigenvalue weighted by atomic mass is 32.2. The second kappa shape index (κ2) is 6.89. The van der Waals surface area contributed by atoms with Crippen LogP contribution in [0, 0.1) is 0 Å². The first-order valence-corrected chi connectivity index (χ1v) is 6.84. The highest BCUT2D eigenvalue weighted by Crippen LogP contribution is 2.25. The molecule has 0 atom stereocenters. The van der Waals surface area contributed by atoms with Gasteiger partial charge in [0.25, 0.3) is 0 Å². The van der Waals surface area contributed by atoms with Crippen molar-refractivity contribution < 1.29 is 4.74 Å². The van der Waals surface area contributed by atoms with E-state index >= 15 is 0 Å². The summed E-state index contributed by atoms with van der Waals surface area (Å²) >= 11 is 1.45. The molecule has 0 aromatic carbocycles. The van der Waals surface area contributed by atoms with Crippen molar-refractivity contribution in [3.8, 4) is 6.01 Å². The van der Waals surface area contributed by atoms with Crippen molar-refractivity contribution in [2.45, 2.75) is 23.9 Å². The molecule has 0 aliphatic rings. The number of nitrogens with one attached hydrogen (secondary N) is 1. The summed E-state index contributed by atoms with van der Waals surface area (Å²) in [4.78, 5) is 17.8. The summed E-state index contributed by atoms with van der Waals surface area (Å²) in [5.41, 5.74) is 0. The van der Waals surface area contributed by atoms with Gasteiger partial charge in [-0.25, -0.2) is 0 Å². The van der Waals surface area contributed by atoms with E-state index in [0.29, 0.717) is 23.7 Å². The van der Waals surface area contributed by atoms with Crippen LogP contribution in [-0.2, 0) is 0 Å². The van der Waals surface area contributed by atoms with Crippen LogP contribution in [0.3, 0.4) is 0 Å². The van der Waals surface area contributed by atoms with Crippen LogP contribution in [0.1, 0.15) is 13.8 Å². The first kappa shape index (κ1) is 13.5. The first-order chi connectivity index (χ1) is 9.31. The zero-order valence-electron chi connectivity index (χ0n) is 10.8. The SMILES string of the molecule is CCNc1nc(OCC)nc(Sc2ccncc2)n1. The molecule has 0 fully saturated rings. The van der Waals surface area contributed by atoms with Gasteiger partial charge in [0.2, 0.25) is 11.1 Å². The van der Waals surface area contributed by atoms with Crippen LogP contribution in [0.25, 0.3) is 0 Å². The van der Waals surface area contributed by atoms with Crippen molar-refractivity contribution in [2.24, 2.45) is 0 Å². The normalized spacial score (nSPS) is 10.2. The third kappa shape index (κ3) is 4.06. The molecule has 0 radical (unpaired) electrons. The van der Waals surface area contributed by atoms with E-state index in [-0.39, 0.29) is 0 Å². The third-order valence-corrected chi connectivity index (χ3v) is 2.93. The van der Waals surface area contributed by atoms with Crippen LogP contribution in [0.4, 0.5) is 5.95 Å². The zero-order chi connectivity index (χ0) is 13.5. The van der Waals surface area contributed by atoms with Gasteiger partial charge in [0.15, 0.2) is 0 Å². The lowest BCUT2D eigenvalue weighted by Crippen LogP contribution is -2.07. The molecule has 2 rings (SSSR count). The topological polar surface area (TPSA) is 72.8 Å². The predicted molar refractivity (Wildman–Crippen MR) is 73.5 cm³/mol. The molecule has 6 nitrogen and oxygen atoms in total. The number of hydrogen-bond donors (Lipinski definition) is 1. The molecule has 2 heterocycles. The molecule has 19 heavy (non-hydrogen) atoms. The predicted octanol–water partition coefficient (Wildman–Crippen LogP) is 2.25. The molecule has 100 valence electrons. The Bertz CT molecular complexity index is 499. The summed E-state index contributed by atoms with van der Waals surface area (Å²) in [7, 11) is 0. The van der Waals surface area contributed by atoms with E-state index in [9.17, 15) is 0 Å². The molecule has 2 aromatic rings. The second-order valence-electron chi connectivity index (χ2n) is 3.47. The molecule has 0 saturated heterocycles. The Morgan fingerprint density at radius 3 is 2.63 bits per heavy atom. The maximum Gasteiger partial charge on any atom is 0.322 e. The number of nitrogens with zero attached hydrogens (tertiary/aromatic N) is 4. The lowest BCUT2D eigenvalue weighted by atomic mass is 10.5. The Hall–Kier alpha value is -1.89. The minimum Gasteiger partial charge on any atom is -0.464 e. The summed E-state index contributed by atoms with van der Waals surface area (Å²) in [5, 5.41) is 3.66. The highest BCUT2D eigenvalue weighted by molar-refractivity contribution is 7.99. The van der Waals surface area contributed by atoms with Crippen LogP contribution in [0.2, 0.25) is 0 Å². The van der Waals surface area contributed by atoms with Gasteiger partial charge in [-0.15, -0.1) is 0 Å². The first-order valence-electron chi connectivity index (χ1n) is 6.02. The van der Waals surface area contributed by atoms with E-state index in [1.54, 1.807) is 12.4 Å². The summed E-state index contributed by atoms with van der Waals surface area (Å²) in [5.74, 6) is 0.525. The zero-order valence-corrected chi connectivity index (χ0v) is 11.6. The smallest absolute Gasteiger partial charge is 0.322 e. The van der Waals surface area contributed by atoms with E-state index < -0.39 is 0 Å². The summed E-state index contributed by atoms with van der Waals surface area (Å²) < 4.78 is 5.34. The van der Waals surface area contributed by atoms with Crippen molar-refractivity contribution >= 4 is 17.7 Å². The molecular weight excluding hydrogens is 262 g/mol. The Morgan fingerprint density at radius 1 is 1.16 bits per heavy atom. The fourth-order valence-corrected chi connectivity index (χ4v) is 2.05. The average molecular weight is 277 g/mol. The highest BCUT2D eigenvalue weighted by Gasteiger charge is 2.08. The molecule has 0 saturated carbocycles. The third-order valence-electron chi connectivity index (χ3n) is 2.06. The fraction of sp³-hybridized carbons (Fsp3) is 0.333. The van der Waals surface area contributed by atoms with E-state index in [1.807, 2.05) is 26.0 Å². The minimum absolute atomic E-state index is 0.338. The van der Waals surface area contributed by atoms with Gasteiger partial charge in [-0.3, -0.25) is 4.98 Å². The van der Waals surface area contributed by atoms with Crippen molar-refractivity contribution in [1.82, 2.24) is 19.9 Å². The molecule has 0 aliphatic carbocycles. The molecule has 0 aliphatic heterocycles.